The quantitative estimate of drug-likeness (QED) is 0.597. The van der Waals surface area contributed by atoms with Crippen LogP contribution in [0.25, 0.3) is 0 Å². The van der Waals surface area contributed by atoms with E-state index in [9.17, 15) is 22.8 Å². The molecule has 7 nitrogen and oxygen atoms in total. The van der Waals surface area contributed by atoms with Crippen molar-refractivity contribution < 1.29 is 32.2 Å². The van der Waals surface area contributed by atoms with Crippen LogP contribution in [0.1, 0.15) is 26.3 Å². The number of aryl methyl sites for hydroxylation is 1. The number of alkyl halides is 3. The van der Waals surface area contributed by atoms with Crippen LogP contribution in [0.15, 0.2) is 18.3 Å². The van der Waals surface area contributed by atoms with E-state index in [-0.39, 0.29) is 12.4 Å². The van der Waals surface area contributed by atoms with Crippen LogP contribution in [-0.4, -0.2) is 41.6 Å². The van der Waals surface area contributed by atoms with Crippen LogP contribution in [0.2, 0.25) is 0 Å². The molecule has 1 aromatic heterocycles. The number of nitrogens with zero attached hydrogens (tertiary/aromatic N) is 1. The van der Waals surface area contributed by atoms with Gasteiger partial charge in [0.25, 0.3) is 0 Å². The fraction of sp³-hybridized carbons (Fsp3) is 0.533. The standard InChI is InChI=1S/C15H20F3N3O4/c1-5-24-12(22)14(15(16,17)18,21-13(23)25-9(2)3)20-11-8-10(4)6-7-19-11/h6-9H,5H2,1-4H3,(H,19,20)(H,21,23)/t14-/m0/s1. The Morgan fingerprint density at radius 2 is 1.96 bits per heavy atom. The predicted octanol–water partition coefficient (Wildman–Crippen LogP) is 2.76. The fourth-order valence-electron chi connectivity index (χ4n) is 1.82. The van der Waals surface area contributed by atoms with Crippen LogP contribution in [0.3, 0.4) is 0 Å². The molecule has 140 valence electrons. The number of hydrogen-bond acceptors (Lipinski definition) is 6. The second-order valence-electron chi connectivity index (χ2n) is 5.39. The minimum Gasteiger partial charge on any atom is -0.463 e. The molecule has 0 radical (unpaired) electrons. The number of carbonyl (C=O) groups is 2. The highest BCUT2D eigenvalue weighted by molar-refractivity contribution is 5.89. The number of aromatic nitrogens is 1. The third kappa shape index (κ3) is 5.23. The van der Waals surface area contributed by atoms with Gasteiger partial charge in [-0.3, -0.25) is 5.32 Å². The number of alkyl carbamates (subject to hydrolysis) is 1. The summed E-state index contributed by atoms with van der Waals surface area (Å²) in [5.41, 5.74) is -2.95. The van der Waals surface area contributed by atoms with Gasteiger partial charge in [0.05, 0.1) is 12.7 Å². The molecule has 1 atom stereocenters. The molecule has 1 aromatic rings. The second-order valence-corrected chi connectivity index (χ2v) is 5.39. The summed E-state index contributed by atoms with van der Waals surface area (Å²) >= 11 is 0. The minimum atomic E-state index is -5.24. The number of amides is 1. The molecule has 0 aliphatic carbocycles. The third-order valence-electron chi connectivity index (χ3n) is 2.87. The van der Waals surface area contributed by atoms with Gasteiger partial charge in [-0.05, 0) is 45.4 Å². The average molecular weight is 363 g/mol. The number of carbonyl (C=O) groups excluding carboxylic acids is 2. The van der Waals surface area contributed by atoms with Crippen molar-refractivity contribution in [2.75, 3.05) is 11.9 Å². The number of anilines is 1. The second kappa shape index (κ2) is 8.04. The van der Waals surface area contributed by atoms with Crippen molar-refractivity contribution in [2.45, 2.75) is 45.6 Å². The number of nitrogens with one attached hydrogen (secondary N) is 2. The zero-order valence-corrected chi connectivity index (χ0v) is 14.2. The first-order valence-electron chi connectivity index (χ1n) is 7.45. The van der Waals surface area contributed by atoms with Gasteiger partial charge in [-0.2, -0.15) is 13.2 Å². The van der Waals surface area contributed by atoms with Gasteiger partial charge in [-0.1, -0.05) is 0 Å². The molecule has 0 fully saturated rings. The Kier molecular flexibility index (Phi) is 6.60. The molecule has 0 bridgehead atoms. The van der Waals surface area contributed by atoms with Crippen molar-refractivity contribution in [3.05, 3.63) is 23.9 Å². The number of esters is 1. The first-order chi connectivity index (χ1) is 11.5. The lowest BCUT2D eigenvalue weighted by Crippen LogP contribution is -2.69. The molecule has 1 heterocycles. The number of pyridine rings is 1. The van der Waals surface area contributed by atoms with Crippen LogP contribution >= 0.6 is 0 Å². The first kappa shape index (κ1) is 20.5. The van der Waals surface area contributed by atoms with E-state index in [2.05, 4.69) is 14.5 Å². The van der Waals surface area contributed by atoms with Gasteiger partial charge in [-0.15, -0.1) is 0 Å². The third-order valence-corrected chi connectivity index (χ3v) is 2.87. The van der Waals surface area contributed by atoms with Gasteiger partial charge in [-0.25, -0.2) is 14.6 Å². The molecule has 2 N–H and O–H groups in total. The lowest BCUT2D eigenvalue weighted by Gasteiger charge is -2.34. The Morgan fingerprint density at radius 1 is 1.32 bits per heavy atom. The van der Waals surface area contributed by atoms with E-state index in [1.54, 1.807) is 18.3 Å². The van der Waals surface area contributed by atoms with E-state index < -0.39 is 30.0 Å². The van der Waals surface area contributed by atoms with Gasteiger partial charge in [0.1, 0.15) is 5.82 Å². The molecular formula is C15H20F3N3O4. The van der Waals surface area contributed by atoms with Crippen LogP contribution in [0.4, 0.5) is 23.8 Å². The summed E-state index contributed by atoms with van der Waals surface area (Å²) in [6.45, 7) is 5.56. The molecule has 0 spiro atoms. The maximum atomic E-state index is 13.8. The minimum absolute atomic E-state index is 0.268. The number of halogens is 3. The summed E-state index contributed by atoms with van der Waals surface area (Å²) < 4.78 is 50.5. The van der Waals surface area contributed by atoms with Crippen molar-refractivity contribution in [2.24, 2.45) is 0 Å². The maximum absolute atomic E-state index is 13.8. The highest BCUT2D eigenvalue weighted by atomic mass is 19.4. The molecule has 0 unspecified atom stereocenters. The van der Waals surface area contributed by atoms with Crippen LogP contribution in [0.5, 0.6) is 0 Å². The summed E-state index contributed by atoms with van der Waals surface area (Å²) in [4.78, 5) is 27.6. The summed E-state index contributed by atoms with van der Waals surface area (Å²) in [7, 11) is 0. The van der Waals surface area contributed by atoms with Crippen molar-refractivity contribution in [3.8, 4) is 0 Å². The van der Waals surface area contributed by atoms with Gasteiger partial charge in [0.2, 0.25) is 0 Å². The molecule has 0 aliphatic heterocycles. The topological polar surface area (TPSA) is 89.5 Å². The van der Waals surface area contributed by atoms with Crippen molar-refractivity contribution in [1.82, 2.24) is 10.3 Å². The molecule has 25 heavy (non-hydrogen) atoms. The predicted molar refractivity (Wildman–Crippen MR) is 82.8 cm³/mol. The van der Waals surface area contributed by atoms with Gasteiger partial charge < -0.3 is 14.8 Å². The Balaban J connectivity index is 3.33. The molecular weight excluding hydrogens is 343 g/mol. The van der Waals surface area contributed by atoms with Crippen molar-refractivity contribution >= 4 is 17.9 Å². The average Bonchev–Trinajstić information content (AvgIpc) is 2.44. The summed E-state index contributed by atoms with van der Waals surface area (Å²) in [5, 5.41) is 3.48. The number of rotatable bonds is 6. The molecule has 0 saturated carbocycles. The lowest BCUT2D eigenvalue weighted by atomic mass is 10.1. The first-order valence-corrected chi connectivity index (χ1v) is 7.45. The zero-order valence-electron chi connectivity index (χ0n) is 14.2. The highest BCUT2D eigenvalue weighted by Gasteiger charge is 2.64. The van der Waals surface area contributed by atoms with Crippen molar-refractivity contribution in [1.29, 1.82) is 0 Å². The monoisotopic (exact) mass is 363 g/mol. The highest BCUT2D eigenvalue weighted by Crippen LogP contribution is 2.33. The van der Waals surface area contributed by atoms with E-state index in [4.69, 9.17) is 0 Å². The van der Waals surface area contributed by atoms with E-state index >= 15 is 0 Å². The molecule has 1 rings (SSSR count). The summed E-state index contributed by atoms with van der Waals surface area (Å²) in [5.74, 6) is -2.00. The molecule has 10 heteroatoms. The van der Waals surface area contributed by atoms with Gasteiger partial charge >= 0.3 is 23.9 Å². The van der Waals surface area contributed by atoms with Gasteiger partial charge in [0.15, 0.2) is 0 Å². The SMILES string of the molecule is CCOC(=O)[C@@](NC(=O)OC(C)C)(Nc1cc(C)ccn1)C(F)(F)F. The fourth-order valence-corrected chi connectivity index (χ4v) is 1.82. The molecule has 1 amide bonds. The lowest BCUT2D eigenvalue weighted by molar-refractivity contribution is -0.205. The van der Waals surface area contributed by atoms with Crippen LogP contribution in [-0.2, 0) is 14.3 Å². The largest absolute Gasteiger partial charge is 0.463 e. The Labute approximate surface area is 142 Å². The van der Waals surface area contributed by atoms with E-state index in [1.165, 1.54) is 33.0 Å². The zero-order chi connectivity index (χ0) is 19.3. The Hall–Kier alpha value is -2.52. The molecule has 0 saturated heterocycles. The van der Waals surface area contributed by atoms with E-state index in [1.807, 2.05) is 5.32 Å². The van der Waals surface area contributed by atoms with Crippen LogP contribution in [0, 0.1) is 6.92 Å². The van der Waals surface area contributed by atoms with E-state index in [0.29, 0.717) is 5.56 Å². The summed E-state index contributed by atoms with van der Waals surface area (Å²) in [6.07, 6.45) is -6.09. The van der Waals surface area contributed by atoms with E-state index in [0.717, 1.165) is 0 Å². The maximum Gasteiger partial charge on any atom is 0.442 e. The normalized spacial score (nSPS) is 13.8. The molecule has 0 aliphatic rings. The molecule has 0 aromatic carbocycles. The van der Waals surface area contributed by atoms with Crippen molar-refractivity contribution in [3.63, 3.8) is 0 Å². The smallest absolute Gasteiger partial charge is 0.442 e. The van der Waals surface area contributed by atoms with Gasteiger partial charge in [0, 0.05) is 6.20 Å². The Bertz CT molecular complexity index is 622. The number of ether oxygens (including phenoxy) is 2. The van der Waals surface area contributed by atoms with Crippen LogP contribution < -0.4 is 10.6 Å². The summed E-state index contributed by atoms with van der Waals surface area (Å²) in [6, 6.07) is 2.85. The Morgan fingerprint density at radius 3 is 2.44 bits per heavy atom. The number of hydrogen-bond donors (Lipinski definition) is 2.